The highest BCUT2D eigenvalue weighted by Crippen LogP contribution is 2.61. The molecule has 0 saturated heterocycles. The Labute approximate surface area is 866 Å². The number of benzene rings is 23. The molecular formula is C141H95N5O3. The molecule has 0 atom stereocenters. The van der Waals surface area contributed by atoms with Crippen LogP contribution in [0, 0.1) is 22.7 Å². The van der Waals surface area contributed by atoms with Gasteiger partial charge in [-0.3, -0.25) is 0 Å². The minimum absolute atomic E-state index is 0.110. The molecule has 6 aliphatic rings. The molecule has 3 aliphatic heterocycles. The summed E-state index contributed by atoms with van der Waals surface area (Å²) < 4.78 is 19.2. The molecule has 29 rings (SSSR count). The van der Waals surface area contributed by atoms with Crippen molar-refractivity contribution in [3.63, 3.8) is 0 Å². The highest BCUT2D eigenvalue weighted by molar-refractivity contribution is 6.14. The van der Waals surface area contributed by atoms with Gasteiger partial charge in [0.2, 0.25) is 0 Å². The van der Waals surface area contributed by atoms with E-state index >= 15 is 0 Å². The van der Waals surface area contributed by atoms with Crippen LogP contribution in [0.5, 0.6) is 34.5 Å². The van der Waals surface area contributed by atoms with Crippen LogP contribution in [0.1, 0.15) is 83.3 Å². The zero-order chi connectivity index (χ0) is 99.7. The molecule has 0 saturated carbocycles. The minimum atomic E-state index is -0.435. The normalized spacial score (nSPS) is 13.1. The van der Waals surface area contributed by atoms with Gasteiger partial charge < -0.3 is 28.9 Å². The van der Waals surface area contributed by atoms with Crippen LogP contribution < -0.4 is 28.9 Å². The third-order valence-corrected chi connectivity index (χ3v) is 31.4. The van der Waals surface area contributed by atoms with E-state index in [2.05, 4.69) is 479 Å². The van der Waals surface area contributed by atoms with Gasteiger partial charge in [-0.1, -0.05) is 367 Å². The first-order chi connectivity index (χ1) is 73.3. The topological polar surface area (TPSA) is 85.0 Å². The molecule has 3 aliphatic carbocycles. The van der Waals surface area contributed by atoms with Gasteiger partial charge in [-0.05, 0) is 303 Å². The summed E-state index contributed by atoms with van der Waals surface area (Å²) in [5, 5.41) is 25.7. The van der Waals surface area contributed by atoms with Gasteiger partial charge in [-0.25, -0.2) is 0 Å². The van der Waals surface area contributed by atoms with Crippen LogP contribution in [0.3, 0.4) is 0 Å². The van der Waals surface area contributed by atoms with E-state index in [0.717, 1.165) is 146 Å². The number of nitrogens with zero attached hydrogens (tertiary/aromatic N) is 5. The van der Waals surface area contributed by atoms with Crippen LogP contribution in [-0.4, -0.2) is 0 Å². The summed E-state index contributed by atoms with van der Waals surface area (Å²) in [5.74, 6) is 5.36. The molecule has 0 radical (unpaired) electrons. The number of ether oxygens (including phenoxy) is 3. The molecule has 0 N–H and O–H groups in total. The van der Waals surface area contributed by atoms with Gasteiger partial charge in [0.1, 0.15) is 34.5 Å². The molecule has 0 fully saturated rings. The summed E-state index contributed by atoms with van der Waals surface area (Å²) in [5.41, 5.74) is 42.4. The summed E-state index contributed by atoms with van der Waals surface area (Å²) in [4.78, 5) is 7.04. The van der Waals surface area contributed by atoms with Crippen LogP contribution in [0.4, 0.5) is 51.2 Å². The molecule has 3 heterocycles. The number of hydrogen-bond acceptors (Lipinski definition) is 8. The molecule has 0 spiro atoms. The molecule has 149 heavy (non-hydrogen) atoms. The Morgan fingerprint density at radius 1 is 0.188 bits per heavy atom. The number of para-hydroxylation sites is 4. The zero-order valence-corrected chi connectivity index (χ0v) is 82.4. The summed E-state index contributed by atoms with van der Waals surface area (Å²) in [7, 11) is 0. The van der Waals surface area contributed by atoms with Crippen molar-refractivity contribution >= 4 is 83.5 Å². The fraction of sp³-hybridized carbons (Fsp3) is 0.0496. The predicted molar refractivity (Wildman–Crippen MR) is 611 cm³/mol. The van der Waals surface area contributed by atoms with E-state index in [1.807, 2.05) is 78.9 Å². The van der Waals surface area contributed by atoms with Crippen LogP contribution in [-0.2, 0) is 16.2 Å². The maximum absolute atomic E-state index is 9.50. The maximum atomic E-state index is 9.50. The SMILES string of the molecule is CC1(C)c2ccccc2-c2ccc(N(c3ccc(-c4ccc(C#N)cc4)cc3)c3ccc(-c4ccc5c6c(cccc46)Oc4ccccc4-5)cc3)cc21.CC1(C)c2ccccc2-c2ccc(N(c3ccc(C#N)cc3)c3ccc(-c4ccc5c6c(cccc46)Oc4ccccc4-5)cc3)cc21.c1ccc(N(c2ccc3c(c2)-c2ccccc2C3(c2ccccc2)c2ccccc2)c2ccc3c4c(cccc24)Oc2ccccc2-3)cc1. The Balaban J connectivity index is 0.000000110. The lowest BCUT2D eigenvalue weighted by molar-refractivity contribution is 0.487. The Bertz CT molecular complexity index is 9390. The smallest absolute Gasteiger partial charge is 0.135 e. The van der Waals surface area contributed by atoms with E-state index in [9.17, 15) is 10.5 Å². The fourth-order valence-corrected chi connectivity index (χ4v) is 24.4. The lowest BCUT2D eigenvalue weighted by atomic mass is 9.68. The Kier molecular flexibility index (Phi) is 21.1. The number of fused-ring (bicyclic) bond motifs is 15. The molecule has 0 unspecified atom stereocenters. The molecule has 8 heteroatoms. The van der Waals surface area contributed by atoms with E-state index in [1.165, 1.54) is 116 Å². The van der Waals surface area contributed by atoms with Crippen molar-refractivity contribution in [1.82, 2.24) is 0 Å². The number of nitriles is 2. The number of hydrogen-bond donors (Lipinski definition) is 0. The van der Waals surface area contributed by atoms with E-state index in [1.54, 1.807) is 0 Å². The second kappa shape index (κ2) is 35.6. The molecule has 0 amide bonds. The molecule has 23 aromatic carbocycles. The third-order valence-electron chi connectivity index (χ3n) is 31.4. The van der Waals surface area contributed by atoms with Gasteiger partial charge in [-0.15, -0.1) is 0 Å². The lowest BCUT2D eigenvalue weighted by Gasteiger charge is -2.34. The van der Waals surface area contributed by atoms with Crippen molar-refractivity contribution in [2.75, 3.05) is 14.7 Å². The molecule has 702 valence electrons. The predicted octanol–water partition coefficient (Wildman–Crippen LogP) is 38.0. The quantitative estimate of drug-likeness (QED) is 0.106. The average Bonchev–Trinajstić information content (AvgIpc) is 1.54. The lowest BCUT2D eigenvalue weighted by Crippen LogP contribution is -2.28. The highest BCUT2D eigenvalue weighted by Gasteiger charge is 2.47. The Morgan fingerprint density at radius 2 is 0.477 bits per heavy atom. The van der Waals surface area contributed by atoms with Crippen molar-refractivity contribution in [2.45, 2.75) is 43.9 Å². The van der Waals surface area contributed by atoms with E-state index < -0.39 is 5.41 Å². The second-order valence-corrected chi connectivity index (χ2v) is 40.2. The summed E-state index contributed by atoms with van der Waals surface area (Å²) in [6.07, 6.45) is 0. The Morgan fingerprint density at radius 3 is 0.913 bits per heavy atom. The van der Waals surface area contributed by atoms with Crippen LogP contribution in [0.25, 0.3) is 132 Å². The molecular weight excluding hydrogens is 1810 g/mol. The number of anilines is 9. The van der Waals surface area contributed by atoms with Crippen molar-refractivity contribution in [2.24, 2.45) is 0 Å². The van der Waals surface area contributed by atoms with Gasteiger partial charge in [0, 0.05) is 94.6 Å². The van der Waals surface area contributed by atoms with E-state index in [-0.39, 0.29) is 10.8 Å². The Hall–Kier alpha value is -19.4. The summed E-state index contributed by atoms with van der Waals surface area (Å²) in [6, 6.07) is 184. The average molecular weight is 1910 g/mol. The minimum Gasteiger partial charge on any atom is -0.456 e. The van der Waals surface area contributed by atoms with Crippen molar-refractivity contribution in [3.8, 4) is 147 Å². The standard InChI is InChI=1S/C50H34N2O.C47H31NO.C44H30N2O/c1-50(2)45-11-5-3-8-40(45)41-27-26-38(30-46(41)50)52(36-22-18-34(19-23-36)33-16-14-32(31-51)15-17-33)37-24-20-35(21-25-37)39-28-29-44-42-9-4-6-12-47(42)53-48-13-7-10-43(39)49(44)48;1-4-15-32(16-5-1)47(33-17-6-2-7-18-33)41-24-12-10-21-36(41)40-31-35(27-29-42(40)47)48(34-19-8-3-9-20-34)43-30-28-38-37-22-11-13-25-44(37)49-45-26-14-23-39(43)46(38)45;1-44(2)39-11-5-3-8-34(39)35-23-22-32(26-40(35)44)46(30-18-14-28(27-45)15-19-30)31-20-16-29(17-21-31)33-24-25-38-36-9-4-6-12-41(36)47-42-13-7-10-37(33)43(38)42/h3-30H,1-2H3;1-31H;3-26H,1-2H3. The van der Waals surface area contributed by atoms with Crippen molar-refractivity contribution < 1.29 is 14.2 Å². The monoisotopic (exact) mass is 1910 g/mol. The first-order valence-corrected chi connectivity index (χ1v) is 50.9. The summed E-state index contributed by atoms with van der Waals surface area (Å²) in [6.45, 7) is 9.28. The summed E-state index contributed by atoms with van der Waals surface area (Å²) >= 11 is 0. The van der Waals surface area contributed by atoms with Gasteiger partial charge in [0.05, 0.1) is 34.4 Å². The maximum Gasteiger partial charge on any atom is 0.135 e. The molecule has 23 aromatic rings. The molecule has 0 bridgehead atoms. The first-order valence-electron chi connectivity index (χ1n) is 50.9. The van der Waals surface area contributed by atoms with Gasteiger partial charge in [0.25, 0.3) is 0 Å². The third kappa shape index (κ3) is 14.5. The van der Waals surface area contributed by atoms with Gasteiger partial charge in [0.15, 0.2) is 0 Å². The van der Waals surface area contributed by atoms with Gasteiger partial charge in [-0.2, -0.15) is 10.5 Å². The first kappa shape index (κ1) is 88.5. The van der Waals surface area contributed by atoms with Crippen LogP contribution >= 0.6 is 0 Å². The molecule has 8 nitrogen and oxygen atoms in total. The largest absolute Gasteiger partial charge is 0.456 e. The van der Waals surface area contributed by atoms with Crippen molar-refractivity contribution in [1.29, 1.82) is 10.5 Å². The molecule has 0 aromatic heterocycles. The zero-order valence-electron chi connectivity index (χ0n) is 82.4. The van der Waals surface area contributed by atoms with Crippen molar-refractivity contribution in [3.05, 3.63) is 559 Å². The van der Waals surface area contributed by atoms with Gasteiger partial charge >= 0.3 is 0 Å². The van der Waals surface area contributed by atoms with E-state index in [0.29, 0.717) is 11.1 Å². The fourth-order valence-electron chi connectivity index (χ4n) is 24.4. The second-order valence-electron chi connectivity index (χ2n) is 40.2. The van der Waals surface area contributed by atoms with Crippen LogP contribution in [0.2, 0.25) is 0 Å². The van der Waals surface area contributed by atoms with E-state index in [4.69, 9.17) is 14.2 Å². The number of rotatable bonds is 14. The highest BCUT2D eigenvalue weighted by atomic mass is 16.5. The van der Waals surface area contributed by atoms with Crippen LogP contribution in [0.15, 0.2) is 504 Å².